The quantitative estimate of drug-likeness (QED) is 0.555. The normalized spacial score (nSPS) is 16.2. The van der Waals surface area contributed by atoms with Crippen LogP contribution in [-0.4, -0.2) is 42.6 Å². The van der Waals surface area contributed by atoms with Crippen molar-refractivity contribution in [3.05, 3.63) is 24.3 Å². The van der Waals surface area contributed by atoms with Crippen LogP contribution in [0.2, 0.25) is 0 Å². The molecule has 5 nitrogen and oxygen atoms in total. The molecule has 0 saturated carbocycles. The summed E-state index contributed by atoms with van der Waals surface area (Å²) in [5.41, 5.74) is 1.09. The highest BCUT2D eigenvalue weighted by Crippen LogP contribution is 2.21. The van der Waals surface area contributed by atoms with Gasteiger partial charge in [-0.25, -0.2) is 0 Å². The van der Waals surface area contributed by atoms with Crippen molar-refractivity contribution in [2.75, 3.05) is 13.6 Å². The standard InChI is InChI=1S/C10H14N2O2.C2H4O/c1-6-5-12(10(14)7(6)2)8(3)9(13)11-4;1-2-3/h8H,1-2,5H2,3-4H3,(H,11,13);2H,1H3. The second kappa shape index (κ2) is 6.62. The summed E-state index contributed by atoms with van der Waals surface area (Å²) in [6, 6.07) is -0.469. The molecule has 0 bridgehead atoms. The Morgan fingerprint density at radius 3 is 2.29 bits per heavy atom. The highest BCUT2D eigenvalue weighted by atomic mass is 16.2. The minimum Gasteiger partial charge on any atom is -0.357 e. The van der Waals surface area contributed by atoms with Crippen LogP contribution in [0.4, 0.5) is 0 Å². The van der Waals surface area contributed by atoms with Gasteiger partial charge in [-0.15, -0.1) is 0 Å². The molecule has 1 fully saturated rings. The van der Waals surface area contributed by atoms with Gasteiger partial charge in [0.1, 0.15) is 12.3 Å². The molecule has 0 aromatic heterocycles. The van der Waals surface area contributed by atoms with Crippen LogP contribution in [0.5, 0.6) is 0 Å². The summed E-state index contributed by atoms with van der Waals surface area (Å²) in [5, 5.41) is 2.50. The van der Waals surface area contributed by atoms with Crippen molar-refractivity contribution in [2.45, 2.75) is 19.9 Å². The molecule has 1 aliphatic rings. The van der Waals surface area contributed by atoms with Gasteiger partial charge in [-0.1, -0.05) is 13.2 Å². The number of aldehydes is 1. The third-order valence-electron chi connectivity index (χ3n) is 2.40. The molecule has 2 amide bonds. The zero-order valence-electron chi connectivity index (χ0n) is 10.4. The molecule has 1 N–H and O–H groups in total. The van der Waals surface area contributed by atoms with Gasteiger partial charge in [0.05, 0.1) is 0 Å². The van der Waals surface area contributed by atoms with Crippen LogP contribution in [0, 0.1) is 0 Å². The Hall–Kier alpha value is -1.91. The Bertz CT molecular complexity index is 361. The second-order valence-electron chi connectivity index (χ2n) is 3.54. The van der Waals surface area contributed by atoms with Gasteiger partial charge in [0.2, 0.25) is 5.91 Å². The number of likely N-dealkylation sites (tertiary alicyclic amines) is 1. The summed E-state index contributed by atoms with van der Waals surface area (Å²) in [5.74, 6) is -0.382. The van der Waals surface area contributed by atoms with E-state index in [9.17, 15) is 9.59 Å². The van der Waals surface area contributed by atoms with Crippen LogP contribution in [-0.2, 0) is 14.4 Å². The van der Waals surface area contributed by atoms with Gasteiger partial charge in [0.15, 0.2) is 0 Å². The largest absolute Gasteiger partial charge is 0.357 e. The maximum atomic E-state index is 11.6. The van der Waals surface area contributed by atoms with E-state index in [1.54, 1.807) is 14.0 Å². The van der Waals surface area contributed by atoms with Crippen molar-refractivity contribution in [1.82, 2.24) is 10.2 Å². The van der Waals surface area contributed by atoms with Gasteiger partial charge in [-0.2, -0.15) is 0 Å². The Kier molecular flexibility index (Phi) is 5.88. The van der Waals surface area contributed by atoms with E-state index in [-0.39, 0.29) is 11.8 Å². The molecule has 1 unspecified atom stereocenters. The lowest BCUT2D eigenvalue weighted by molar-refractivity contribution is -0.134. The number of carbonyl (C=O) groups excluding carboxylic acids is 3. The number of nitrogens with one attached hydrogen (secondary N) is 1. The van der Waals surface area contributed by atoms with E-state index in [1.165, 1.54) is 11.8 Å². The van der Waals surface area contributed by atoms with E-state index >= 15 is 0 Å². The molecule has 1 atom stereocenters. The van der Waals surface area contributed by atoms with Crippen LogP contribution in [0.3, 0.4) is 0 Å². The summed E-state index contributed by atoms with van der Waals surface area (Å²) < 4.78 is 0. The third-order valence-corrected chi connectivity index (χ3v) is 2.40. The molecule has 0 aromatic rings. The summed E-state index contributed by atoms with van der Waals surface area (Å²) in [4.78, 5) is 33.1. The fourth-order valence-electron chi connectivity index (χ4n) is 1.36. The number of nitrogens with zero attached hydrogens (tertiary/aromatic N) is 1. The minimum absolute atomic E-state index is 0.180. The zero-order chi connectivity index (χ0) is 13.6. The molecule has 5 heteroatoms. The van der Waals surface area contributed by atoms with Gasteiger partial charge in [0, 0.05) is 19.2 Å². The van der Waals surface area contributed by atoms with E-state index in [4.69, 9.17) is 4.79 Å². The molecule has 0 aliphatic carbocycles. The number of carbonyl (C=O) groups is 3. The van der Waals surface area contributed by atoms with Gasteiger partial charge < -0.3 is 15.0 Å². The summed E-state index contributed by atoms with van der Waals surface area (Å²) >= 11 is 0. The maximum Gasteiger partial charge on any atom is 0.254 e. The first-order valence-electron chi connectivity index (χ1n) is 5.20. The van der Waals surface area contributed by atoms with E-state index < -0.39 is 6.04 Å². The molecule has 94 valence electrons. The predicted octanol–water partition coefficient (Wildman–Crippen LogP) is 0.281. The van der Waals surface area contributed by atoms with E-state index in [1.807, 2.05) is 0 Å². The first-order valence-corrected chi connectivity index (χ1v) is 5.20. The summed E-state index contributed by atoms with van der Waals surface area (Å²) in [6.07, 6.45) is 0.750. The van der Waals surface area contributed by atoms with Gasteiger partial charge in [-0.05, 0) is 19.4 Å². The van der Waals surface area contributed by atoms with E-state index in [0.29, 0.717) is 17.7 Å². The molecule has 1 saturated heterocycles. The molecule has 1 heterocycles. The van der Waals surface area contributed by atoms with Crippen LogP contribution < -0.4 is 5.32 Å². The number of hydrogen-bond donors (Lipinski definition) is 1. The lowest BCUT2D eigenvalue weighted by atomic mass is 10.2. The Labute approximate surface area is 101 Å². The highest BCUT2D eigenvalue weighted by Gasteiger charge is 2.33. The van der Waals surface area contributed by atoms with Crippen molar-refractivity contribution in [1.29, 1.82) is 0 Å². The fourth-order valence-corrected chi connectivity index (χ4v) is 1.36. The number of amides is 2. The lowest BCUT2D eigenvalue weighted by Crippen LogP contribution is -2.44. The Morgan fingerprint density at radius 1 is 1.53 bits per heavy atom. The SMILES string of the molecule is C=C1CN(C(C)C(=O)NC)C(=O)C1=C.CC=O. The van der Waals surface area contributed by atoms with Crippen LogP contribution in [0.25, 0.3) is 0 Å². The third kappa shape index (κ3) is 3.55. The number of hydrogen-bond acceptors (Lipinski definition) is 3. The number of rotatable bonds is 2. The van der Waals surface area contributed by atoms with Crippen molar-refractivity contribution in [2.24, 2.45) is 0 Å². The van der Waals surface area contributed by atoms with Crippen molar-refractivity contribution in [3.63, 3.8) is 0 Å². The van der Waals surface area contributed by atoms with E-state index in [0.717, 1.165) is 6.29 Å². The smallest absolute Gasteiger partial charge is 0.254 e. The summed E-state index contributed by atoms with van der Waals surface area (Å²) in [6.45, 7) is 10.8. The Balaban J connectivity index is 0.000000770. The molecule has 0 aromatic carbocycles. The highest BCUT2D eigenvalue weighted by molar-refractivity contribution is 6.02. The maximum absolute atomic E-state index is 11.6. The molecule has 17 heavy (non-hydrogen) atoms. The topological polar surface area (TPSA) is 66.5 Å². The average molecular weight is 238 g/mol. The number of likely N-dealkylation sites (N-methyl/N-ethyl adjacent to an activating group) is 1. The van der Waals surface area contributed by atoms with Gasteiger partial charge in [0.25, 0.3) is 5.91 Å². The monoisotopic (exact) mass is 238 g/mol. The van der Waals surface area contributed by atoms with Crippen LogP contribution in [0.15, 0.2) is 24.3 Å². The molecule has 0 radical (unpaired) electrons. The molecule has 1 aliphatic heterocycles. The molecular formula is C12H18N2O3. The zero-order valence-corrected chi connectivity index (χ0v) is 10.4. The van der Waals surface area contributed by atoms with Gasteiger partial charge in [-0.3, -0.25) is 9.59 Å². The van der Waals surface area contributed by atoms with Gasteiger partial charge >= 0.3 is 0 Å². The second-order valence-corrected chi connectivity index (χ2v) is 3.54. The molecule has 0 spiro atoms. The van der Waals surface area contributed by atoms with E-state index in [2.05, 4.69) is 18.5 Å². The minimum atomic E-state index is -0.469. The van der Waals surface area contributed by atoms with Crippen molar-refractivity contribution >= 4 is 18.1 Å². The first kappa shape index (κ1) is 15.1. The summed E-state index contributed by atoms with van der Waals surface area (Å²) in [7, 11) is 1.54. The van der Waals surface area contributed by atoms with Crippen molar-refractivity contribution < 1.29 is 14.4 Å². The van der Waals surface area contributed by atoms with Crippen molar-refractivity contribution in [3.8, 4) is 0 Å². The molecular weight excluding hydrogens is 220 g/mol. The van der Waals surface area contributed by atoms with Crippen LogP contribution >= 0.6 is 0 Å². The molecule has 1 rings (SSSR count). The fraction of sp³-hybridized carbons (Fsp3) is 0.417. The first-order chi connectivity index (χ1) is 7.90. The predicted molar refractivity (Wildman–Crippen MR) is 65.3 cm³/mol. The lowest BCUT2D eigenvalue weighted by Gasteiger charge is -2.21. The Morgan fingerprint density at radius 2 is 2.00 bits per heavy atom. The average Bonchev–Trinajstić information content (AvgIpc) is 2.56. The van der Waals surface area contributed by atoms with Crippen LogP contribution in [0.1, 0.15) is 13.8 Å².